The summed E-state index contributed by atoms with van der Waals surface area (Å²) in [6.45, 7) is -0.756. The number of nitrogens with one attached hydrogen (secondary N) is 1. The van der Waals surface area contributed by atoms with Gasteiger partial charge in [0.05, 0.1) is 0 Å². The Morgan fingerprint density at radius 1 is 1.00 bits per heavy atom. The first-order chi connectivity index (χ1) is 15.9. The number of benzene rings is 2. The summed E-state index contributed by atoms with van der Waals surface area (Å²) in [7, 11) is 0. The lowest BCUT2D eigenvalue weighted by atomic mass is 9.83. The second-order valence-electron chi connectivity index (χ2n) is 7.57. The third kappa shape index (κ3) is 4.20. The maximum absolute atomic E-state index is 13.5. The highest BCUT2D eigenvalue weighted by Gasteiger charge is 2.54. The van der Waals surface area contributed by atoms with E-state index < -0.39 is 36.1 Å². The summed E-state index contributed by atoms with van der Waals surface area (Å²) < 4.78 is 5.21. The quantitative estimate of drug-likeness (QED) is 0.492. The number of carbonyl (C=O) groups is 4. The highest BCUT2D eigenvalue weighted by molar-refractivity contribution is 6.09. The summed E-state index contributed by atoms with van der Waals surface area (Å²) in [5.74, 6) is -1.80. The van der Waals surface area contributed by atoms with E-state index >= 15 is 0 Å². The molecule has 0 aromatic heterocycles. The molecule has 0 aliphatic carbocycles. The van der Waals surface area contributed by atoms with Crippen LogP contribution in [0, 0.1) is 0 Å². The normalized spacial score (nSPS) is 16.9. The van der Waals surface area contributed by atoms with E-state index in [1.807, 2.05) is 12.1 Å². The van der Waals surface area contributed by atoms with Gasteiger partial charge in [0.2, 0.25) is 5.91 Å². The molecule has 168 valence electrons. The predicted octanol–water partition coefficient (Wildman–Crippen LogP) is 1.57. The first-order valence-electron chi connectivity index (χ1n) is 10.3. The zero-order valence-electron chi connectivity index (χ0n) is 17.6. The fourth-order valence-corrected chi connectivity index (χ4v) is 3.83. The Morgan fingerprint density at radius 3 is 2.18 bits per heavy atom. The molecule has 2 aromatic carbocycles. The van der Waals surface area contributed by atoms with Crippen molar-refractivity contribution >= 4 is 23.8 Å². The summed E-state index contributed by atoms with van der Waals surface area (Å²) in [6, 6.07) is 17.1. The lowest BCUT2D eigenvalue weighted by molar-refractivity contribution is -0.150. The number of rotatable bonds is 7. The van der Waals surface area contributed by atoms with Gasteiger partial charge in [0.15, 0.2) is 12.3 Å². The van der Waals surface area contributed by atoms with E-state index in [9.17, 15) is 19.2 Å². The molecule has 0 spiro atoms. The van der Waals surface area contributed by atoms with Crippen LogP contribution in [0.2, 0.25) is 0 Å². The molecule has 33 heavy (non-hydrogen) atoms. The minimum Gasteiger partial charge on any atom is -0.442 e. The van der Waals surface area contributed by atoms with Crippen LogP contribution in [0.5, 0.6) is 0 Å². The van der Waals surface area contributed by atoms with Crippen LogP contribution < -0.4 is 11.1 Å². The smallest absolute Gasteiger partial charge is 0.328 e. The molecule has 9 heteroatoms. The van der Waals surface area contributed by atoms with Gasteiger partial charge in [0.1, 0.15) is 6.54 Å². The molecule has 2 aromatic rings. The Balaban J connectivity index is 1.51. The number of imide groups is 1. The standard InChI is InChI=1S/C24H22N4O5/c25-21(30)17-8-7-13-27(14-17)15-20(29)33-16-28-22(31)24(26-23(28)32,18-9-3-1-4-10-18)19-11-5-2-6-12-19/h1-7,9-14H,8,15-16H2,(H2,25,30)(H,26,32). The number of urea groups is 1. The number of esters is 1. The topological polar surface area (TPSA) is 122 Å². The maximum atomic E-state index is 13.5. The molecule has 3 N–H and O–H groups in total. The number of allylic oxidation sites excluding steroid dienone is 1. The van der Waals surface area contributed by atoms with E-state index in [4.69, 9.17) is 10.5 Å². The first-order valence-corrected chi connectivity index (χ1v) is 10.3. The van der Waals surface area contributed by atoms with Crippen molar-refractivity contribution in [2.45, 2.75) is 12.0 Å². The molecular formula is C24H22N4O5. The van der Waals surface area contributed by atoms with Crippen molar-refractivity contribution in [2.24, 2.45) is 5.73 Å². The minimum absolute atomic E-state index is 0.209. The van der Waals surface area contributed by atoms with Gasteiger partial charge in [-0.15, -0.1) is 0 Å². The summed E-state index contributed by atoms with van der Waals surface area (Å²) in [5, 5.41) is 2.79. The maximum Gasteiger partial charge on any atom is 0.328 e. The average Bonchev–Trinajstić information content (AvgIpc) is 3.09. The van der Waals surface area contributed by atoms with E-state index in [0.717, 1.165) is 4.90 Å². The van der Waals surface area contributed by atoms with E-state index in [1.165, 1.54) is 11.1 Å². The van der Waals surface area contributed by atoms with Gasteiger partial charge in [0.25, 0.3) is 5.91 Å². The third-order valence-electron chi connectivity index (χ3n) is 5.46. The average molecular weight is 446 g/mol. The van der Waals surface area contributed by atoms with Crippen LogP contribution in [0.4, 0.5) is 4.79 Å². The Hall–Kier alpha value is -4.40. The van der Waals surface area contributed by atoms with Crippen molar-refractivity contribution in [3.63, 3.8) is 0 Å². The lowest BCUT2D eigenvalue weighted by Gasteiger charge is -2.28. The molecular weight excluding hydrogens is 424 g/mol. The molecule has 1 fully saturated rings. The van der Waals surface area contributed by atoms with Crippen molar-refractivity contribution in [1.29, 1.82) is 0 Å². The second-order valence-corrected chi connectivity index (χ2v) is 7.57. The highest BCUT2D eigenvalue weighted by Crippen LogP contribution is 2.35. The molecule has 1 saturated heterocycles. The molecule has 0 atom stereocenters. The molecule has 0 bridgehead atoms. The van der Waals surface area contributed by atoms with Gasteiger partial charge in [-0.3, -0.25) is 14.4 Å². The lowest BCUT2D eigenvalue weighted by Crippen LogP contribution is -2.45. The summed E-state index contributed by atoms with van der Waals surface area (Å²) in [6.07, 6.45) is 5.16. The fraction of sp³-hybridized carbons (Fsp3) is 0.167. The second kappa shape index (κ2) is 8.99. The van der Waals surface area contributed by atoms with Gasteiger partial charge in [-0.25, -0.2) is 9.69 Å². The predicted molar refractivity (Wildman–Crippen MR) is 118 cm³/mol. The number of amides is 4. The molecule has 0 unspecified atom stereocenters. The van der Waals surface area contributed by atoms with Gasteiger partial charge in [-0.05, 0) is 17.5 Å². The van der Waals surface area contributed by atoms with Crippen molar-refractivity contribution in [2.75, 3.05) is 13.3 Å². The Kier molecular flexibility index (Phi) is 5.95. The Bertz CT molecular complexity index is 1100. The van der Waals surface area contributed by atoms with Crippen molar-refractivity contribution < 1.29 is 23.9 Å². The van der Waals surface area contributed by atoms with Crippen LogP contribution in [0.1, 0.15) is 17.5 Å². The van der Waals surface area contributed by atoms with Gasteiger partial charge in [0, 0.05) is 18.0 Å². The Labute approximate surface area is 190 Å². The number of ether oxygens (including phenoxy) is 1. The molecule has 2 aliphatic rings. The monoisotopic (exact) mass is 446 g/mol. The minimum atomic E-state index is -1.43. The summed E-state index contributed by atoms with van der Waals surface area (Å²) in [5.41, 5.74) is 5.39. The van der Waals surface area contributed by atoms with Gasteiger partial charge in [-0.2, -0.15) is 0 Å². The fourth-order valence-electron chi connectivity index (χ4n) is 3.83. The van der Waals surface area contributed by atoms with Crippen molar-refractivity contribution in [3.05, 3.63) is 95.8 Å². The molecule has 0 saturated carbocycles. The molecule has 0 radical (unpaired) electrons. The number of hydrogen-bond acceptors (Lipinski definition) is 6. The molecule has 4 amide bonds. The zero-order valence-corrected chi connectivity index (χ0v) is 17.6. The van der Waals surface area contributed by atoms with E-state index in [0.29, 0.717) is 23.1 Å². The van der Waals surface area contributed by atoms with E-state index in [1.54, 1.807) is 60.8 Å². The summed E-state index contributed by atoms with van der Waals surface area (Å²) >= 11 is 0. The van der Waals surface area contributed by atoms with Crippen LogP contribution in [-0.2, 0) is 24.7 Å². The Morgan fingerprint density at radius 2 is 1.61 bits per heavy atom. The third-order valence-corrected chi connectivity index (χ3v) is 5.46. The first kappa shape index (κ1) is 21.8. The van der Waals surface area contributed by atoms with Crippen molar-refractivity contribution in [3.8, 4) is 0 Å². The van der Waals surface area contributed by atoms with Gasteiger partial charge < -0.3 is 20.7 Å². The van der Waals surface area contributed by atoms with Gasteiger partial charge in [-0.1, -0.05) is 66.7 Å². The highest BCUT2D eigenvalue weighted by atomic mass is 16.5. The van der Waals surface area contributed by atoms with Gasteiger partial charge >= 0.3 is 12.0 Å². The van der Waals surface area contributed by atoms with Crippen LogP contribution in [0.3, 0.4) is 0 Å². The van der Waals surface area contributed by atoms with Crippen LogP contribution in [0.25, 0.3) is 0 Å². The van der Waals surface area contributed by atoms with E-state index in [-0.39, 0.29) is 6.54 Å². The molecule has 2 aliphatic heterocycles. The number of nitrogens with two attached hydrogens (primary N) is 1. The number of primary amides is 1. The number of nitrogens with zero attached hydrogens (tertiary/aromatic N) is 2. The number of hydrogen-bond donors (Lipinski definition) is 2. The van der Waals surface area contributed by atoms with E-state index in [2.05, 4.69) is 5.32 Å². The number of carbonyl (C=O) groups excluding carboxylic acids is 4. The van der Waals surface area contributed by atoms with Crippen LogP contribution >= 0.6 is 0 Å². The zero-order chi connectivity index (χ0) is 23.4. The van der Waals surface area contributed by atoms with Crippen LogP contribution in [-0.4, -0.2) is 46.9 Å². The van der Waals surface area contributed by atoms with Crippen LogP contribution in [0.15, 0.2) is 84.7 Å². The van der Waals surface area contributed by atoms with Crippen molar-refractivity contribution in [1.82, 2.24) is 15.1 Å². The largest absolute Gasteiger partial charge is 0.442 e. The SMILES string of the molecule is NC(=O)C1=CN(CC(=O)OCN2C(=O)NC(c3ccccc3)(c3ccccc3)C2=O)C=CC1. The molecule has 2 heterocycles. The molecule has 9 nitrogen and oxygen atoms in total. The molecule has 4 rings (SSSR count). The summed E-state index contributed by atoms with van der Waals surface area (Å²) in [4.78, 5) is 52.3.